The lowest BCUT2D eigenvalue weighted by Crippen LogP contribution is -2.45. The van der Waals surface area contributed by atoms with Gasteiger partial charge in [0.2, 0.25) is 0 Å². The lowest BCUT2D eigenvalue weighted by molar-refractivity contribution is 0.0752. The standard InChI is InChI=1S/C14H19FN2O3.ClH/c1-20-13-10(3-2-4-11(13)15)14(19)17-7-9-5-6-16-8-12(9)18;/h2-4,9,12,16,18H,5-8H2,1H3,(H,17,19);1H/t9-,12+;/m0./s1. The van der Waals surface area contributed by atoms with Crippen molar-refractivity contribution in [3.05, 3.63) is 29.6 Å². The van der Waals surface area contributed by atoms with E-state index in [1.54, 1.807) is 0 Å². The number of carbonyl (C=O) groups is 1. The number of aliphatic hydroxyl groups is 1. The van der Waals surface area contributed by atoms with Gasteiger partial charge in [-0.2, -0.15) is 0 Å². The number of piperidine rings is 1. The van der Waals surface area contributed by atoms with Gasteiger partial charge in [0.05, 0.1) is 18.8 Å². The summed E-state index contributed by atoms with van der Waals surface area (Å²) in [6.07, 6.45) is 0.320. The Kier molecular flexibility index (Phi) is 6.87. The highest BCUT2D eigenvalue weighted by Crippen LogP contribution is 2.22. The molecule has 1 amide bonds. The minimum atomic E-state index is -0.568. The molecule has 0 aliphatic carbocycles. The van der Waals surface area contributed by atoms with E-state index < -0.39 is 17.8 Å². The zero-order chi connectivity index (χ0) is 14.5. The minimum absolute atomic E-state index is 0. The monoisotopic (exact) mass is 318 g/mol. The molecule has 1 saturated heterocycles. The fraction of sp³-hybridized carbons (Fsp3) is 0.500. The molecular weight excluding hydrogens is 299 g/mol. The molecule has 1 heterocycles. The van der Waals surface area contributed by atoms with E-state index in [0.29, 0.717) is 13.1 Å². The normalized spacial score (nSPS) is 21.3. The van der Waals surface area contributed by atoms with Gasteiger partial charge in [0.25, 0.3) is 5.91 Å². The van der Waals surface area contributed by atoms with Gasteiger partial charge < -0.3 is 20.5 Å². The number of hydrogen-bond acceptors (Lipinski definition) is 4. The van der Waals surface area contributed by atoms with Gasteiger partial charge in [0.15, 0.2) is 11.6 Å². The maximum absolute atomic E-state index is 13.5. The van der Waals surface area contributed by atoms with E-state index >= 15 is 0 Å². The lowest BCUT2D eigenvalue weighted by Gasteiger charge is -2.28. The molecule has 1 aromatic rings. The van der Waals surface area contributed by atoms with Crippen molar-refractivity contribution >= 4 is 18.3 Å². The highest BCUT2D eigenvalue weighted by molar-refractivity contribution is 5.97. The first kappa shape index (κ1) is 17.7. The summed E-state index contributed by atoms with van der Waals surface area (Å²) in [7, 11) is 1.33. The van der Waals surface area contributed by atoms with E-state index in [4.69, 9.17) is 4.74 Å². The molecule has 5 nitrogen and oxygen atoms in total. The minimum Gasteiger partial charge on any atom is -0.493 e. The van der Waals surface area contributed by atoms with Crippen molar-refractivity contribution in [3.63, 3.8) is 0 Å². The molecule has 118 valence electrons. The van der Waals surface area contributed by atoms with Crippen molar-refractivity contribution < 1.29 is 19.0 Å². The summed E-state index contributed by atoms with van der Waals surface area (Å²) in [5, 5.41) is 15.6. The smallest absolute Gasteiger partial charge is 0.255 e. The van der Waals surface area contributed by atoms with Crippen LogP contribution in [0.1, 0.15) is 16.8 Å². The molecule has 2 atom stereocenters. The molecule has 0 aromatic heterocycles. The number of aliphatic hydroxyl groups excluding tert-OH is 1. The second-order valence-electron chi connectivity index (χ2n) is 4.85. The number of hydrogen-bond donors (Lipinski definition) is 3. The molecule has 21 heavy (non-hydrogen) atoms. The molecule has 2 rings (SSSR count). The van der Waals surface area contributed by atoms with Gasteiger partial charge in [0, 0.05) is 19.0 Å². The molecule has 0 saturated carbocycles. The van der Waals surface area contributed by atoms with Crippen LogP contribution in [0.2, 0.25) is 0 Å². The highest BCUT2D eigenvalue weighted by Gasteiger charge is 2.24. The average molecular weight is 319 g/mol. The van der Waals surface area contributed by atoms with Crippen molar-refractivity contribution in [1.82, 2.24) is 10.6 Å². The SMILES string of the molecule is COc1c(F)cccc1C(=O)NC[C@@H]1CCNC[C@H]1O.Cl. The molecular formula is C14H20ClFN2O3. The zero-order valence-electron chi connectivity index (χ0n) is 11.8. The van der Waals surface area contributed by atoms with E-state index in [1.807, 2.05) is 0 Å². The molecule has 0 radical (unpaired) electrons. The van der Waals surface area contributed by atoms with Crippen LogP contribution in [-0.4, -0.2) is 43.9 Å². The molecule has 1 fully saturated rings. The number of halogens is 2. The van der Waals surface area contributed by atoms with Gasteiger partial charge in [-0.05, 0) is 25.1 Å². The summed E-state index contributed by atoms with van der Waals surface area (Å²) in [6.45, 7) is 1.71. The Hall–Kier alpha value is -1.37. The Morgan fingerprint density at radius 1 is 1.57 bits per heavy atom. The van der Waals surface area contributed by atoms with Gasteiger partial charge in [-0.3, -0.25) is 4.79 Å². The first-order chi connectivity index (χ1) is 9.63. The number of amides is 1. The first-order valence-corrected chi connectivity index (χ1v) is 6.63. The fourth-order valence-corrected chi connectivity index (χ4v) is 2.35. The van der Waals surface area contributed by atoms with Crippen LogP contribution in [0.3, 0.4) is 0 Å². The Balaban J connectivity index is 0.00000220. The maximum Gasteiger partial charge on any atom is 0.255 e. The molecule has 0 bridgehead atoms. The van der Waals surface area contributed by atoms with Gasteiger partial charge in [-0.1, -0.05) is 6.07 Å². The second kappa shape index (κ2) is 8.17. The van der Waals surface area contributed by atoms with Crippen LogP contribution in [0.15, 0.2) is 18.2 Å². The van der Waals surface area contributed by atoms with E-state index in [0.717, 1.165) is 13.0 Å². The number of methoxy groups -OCH3 is 1. The van der Waals surface area contributed by atoms with Gasteiger partial charge in [-0.15, -0.1) is 12.4 Å². The van der Waals surface area contributed by atoms with Crippen LogP contribution >= 0.6 is 12.4 Å². The molecule has 0 unspecified atom stereocenters. The number of nitrogens with one attached hydrogen (secondary N) is 2. The summed E-state index contributed by atoms with van der Waals surface area (Å²) < 4.78 is 18.4. The number of benzene rings is 1. The third kappa shape index (κ3) is 4.30. The van der Waals surface area contributed by atoms with Crippen molar-refractivity contribution in [2.45, 2.75) is 12.5 Å². The number of para-hydroxylation sites is 1. The molecule has 1 aliphatic heterocycles. The number of ether oxygens (including phenoxy) is 1. The summed E-state index contributed by atoms with van der Waals surface area (Å²) >= 11 is 0. The van der Waals surface area contributed by atoms with E-state index in [9.17, 15) is 14.3 Å². The van der Waals surface area contributed by atoms with Crippen molar-refractivity contribution in [1.29, 1.82) is 0 Å². The van der Waals surface area contributed by atoms with Crippen LogP contribution in [0.5, 0.6) is 5.75 Å². The van der Waals surface area contributed by atoms with E-state index in [1.165, 1.54) is 25.3 Å². The Morgan fingerprint density at radius 3 is 3.00 bits per heavy atom. The Labute approximate surface area is 129 Å². The predicted octanol–water partition coefficient (Wildman–Crippen LogP) is 0.956. The maximum atomic E-state index is 13.5. The van der Waals surface area contributed by atoms with Gasteiger partial charge in [-0.25, -0.2) is 4.39 Å². The van der Waals surface area contributed by atoms with E-state index in [-0.39, 0.29) is 29.6 Å². The van der Waals surface area contributed by atoms with Crippen LogP contribution < -0.4 is 15.4 Å². The van der Waals surface area contributed by atoms with Crippen LogP contribution in [0.25, 0.3) is 0 Å². The quantitative estimate of drug-likeness (QED) is 0.773. The Bertz CT molecular complexity index is 487. The van der Waals surface area contributed by atoms with Crippen LogP contribution in [-0.2, 0) is 0 Å². The van der Waals surface area contributed by atoms with Crippen LogP contribution in [0.4, 0.5) is 4.39 Å². The van der Waals surface area contributed by atoms with Crippen molar-refractivity contribution in [2.75, 3.05) is 26.7 Å². The topological polar surface area (TPSA) is 70.6 Å². The van der Waals surface area contributed by atoms with E-state index in [2.05, 4.69) is 10.6 Å². The summed E-state index contributed by atoms with van der Waals surface area (Å²) in [6, 6.07) is 4.22. The van der Waals surface area contributed by atoms with Crippen molar-refractivity contribution in [2.24, 2.45) is 5.92 Å². The third-order valence-corrected chi connectivity index (χ3v) is 3.53. The fourth-order valence-electron chi connectivity index (χ4n) is 2.35. The highest BCUT2D eigenvalue weighted by atomic mass is 35.5. The third-order valence-electron chi connectivity index (χ3n) is 3.53. The first-order valence-electron chi connectivity index (χ1n) is 6.63. The predicted molar refractivity (Wildman–Crippen MR) is 79.5 cm³/mol. The molecule has 3 N–H and O–H groups in total. The van der Waals surface area contributed by atoms with Gasteiger partial charge >= 0.3 is 0 Å². The molecule has 1 aromatic carbocycles. The van der Waals surface area contributed by atoms with Crippen LogP contribution in [0, 0.1) is 11.7 Å². The number of β-amino-alcohol motifs (C(OH)–C–C–N with tert-alkyl or cyclic N) is 1. The van der Waals surface area contributed by atoms with Crippen molar-refractivity contribution in [3.8, 4) is 5.75 Å². The summed E-state index contributed by atoms with van der Waals surface area (Å²) in [5.74, 6) is -1.01. The second-order valence-corrected chi connectivity index (χ2v) is 4.85. The Morgan fingerprint density at radius 2 is 2.33 bits per heavy atom. The summed E-state index contributed by atoms with van der Waals surface area (Å²) in [4.78, 5) is 12.1. The summed E-state index contributed by atoms with van der Waals surface area (Å²) in [5.41, 5.74) is 0.163. The largest absolute Gasteiger partial charge is 0.493 e. The molecule has 7 heteroatoms. The average Bonchev–Trinajstić information content (AvgIpc) is 2.46. The number of carbonyl (C=O) groups excluding carboxylic acids is 1. The molecule has 0 spiro atoms. The lowest BCUT2D eigenvalue weighted by atomic mass is 9.95. The van der Waals surface area contributed by atoms with Gasteiger partial charge in [0.1, 0.15) is 0 Å². The number of rotatable bonds is 4. The molecule has 1 aliphatic rings. The zero-order valence-corrected chi connectivity index (χ0v) is 12.6.